The Morgan fingerprint density at radius 2 is 2.32 bits per heavy atom. The van der Waals surface area contributed by atoms with Crippen LogP contribution in [-0.4, -0.2) is 33.4 Å². The van der Waals surface area contributed by atoms with Crippen LogP contribution in [-0.2, 0) is 0 Å². The van der Waals surface area contributed by atoms with Gasteiger partial charge in [0.05, 0.1) is 0 Å². The van der Waals surface area contributed by atoms with Crippen molar-refractivity contribution < 1.29 is 4.79 Å². The summed E-state index contributed by atoms with van der Waals surface area (Å²) >= 11 is 4.88. The quantitative estimate of drug-likeness (QED) is 0.860. The lowest BCUT2D eigenvalue weighted by Gasteiger charge is -2.35. The van der Waals surface area contributed by atoms with Gasteiger partial charge in [0.2, 0.25) is 0 Å². The van der Waals surface area contributed by atoms with Crippen LogP contribution in [0.1, 0.15) is 48.7 Å². The Kier molecular flexibility index (Phi) is 4.47. The number of likely N-dealkylation sites (tertiary alicyclic amines) is 1. The zero-order valence-corrected chi connectivity index (χ0v) is 11.9. The second-order valence-electron chi connectivity index (χ2n) is 4.85. The van der Waals surface area contributed by atoms with Crippen molar-refractivity contribution in [3.05, 3.63) is 29.6 Å². The Morgan fingerprint density at radius 3 is 2.89 bits per heavy atom. The maximum absolute atomic E-state index is 12.4. The van der Waals surface area contributed by atoms with Crippen molar-refractivity contribution in [1.29, 1.82) is 0 Å². The van der Waals surface area contributed by atoms with E-state index >= 15 is 0 Å². The highest BCUT2D eigenvalue weighted by Crippen LogP contribution is 2.21. The molecule has 2 rings (SSSR count). The molecule has 1 aromatic heterocycles. The summed E-state index contributed by atoms with van der Waals surface area (Å²) in [5, 5.41) is 0. The summed E-state index contributed by atoms with van der Waals surface area (Å²) in [5.74, 6) is 0.0149. The molecule has 19 heavy (non-hydrogen) atoms. The van der Waals surface area contributed by atoms with E-state index in [4.69, 9.17) is 18.0 Å². The molecule has 5 heteroatoms. The number of aromatic nitrogens is 1. The molecule has 0 spiro atoms. The first kappa shape index (κ1) is 13.9. The van der Waals surface area contributed by atoms with Gasteiger partial charge in [-0.15, -0.1) is 0 Å². The van der Waals surface area contributed by atoms with Crippen LogP contribution in [0.4, 0.5) is 0 Å². The van der Waals surface area contributed by atoms with E-state index in [1.807, 2.05) is 4.90 Å². The van der Waals surface area contributed by atoms with Crippen molar-refractivity contribution in [2.75, 3.05) is 6.54 Å². The third-order valence-electron chi connectivity index (χ3n) is 3.63. The fourth-order valence-corrected chi connectivity index (χ4v) is 2.63. The minimum Gasteiger partial charge on any atom is -0.389 e. The number of pyridine rings is 1. The van der Waals surface area contributed by atoms with E-state index in [-0.39, 0.29) is 5.91 Å². The maximum atomic E-state index is 12.4. The molecule has 1 saturated heterocycles. The highest BCUT2D eigenvalue weighted by Gasteiger charge is 2.26. The fraction of sp³-hybridized carbons (Fsp3) is 0.500. The van der Waals surface area contributed by atoms with Gasteiger partial charge >= 0.3 is 0 Å². The van der Waals surface area contributed by atoms with Gasteiger partial charge in [0.1, 0.15) is 10.7 Å². The first-order chi connectivity index (χ1) is 9.13. The van der Waals surface area contributed by atoms with E-state index in [0.717, 1.165) is 25.8 Å². The van der Waals surface area contributed by atoms with Gasteiger partial charge in [-0.25, -0.2) is 0 Å². The number of nitrogens with zero attached hydrogens (tertiary/aromatic N) is 2. The van der Waals surface area contributed by atoms with Crippen molar-refractivity contribution in [3.8, 4) is 0 Å². The minimum atomic E-state index is 0.0149. The van der Waals surface area contributed by atoms with Gasteiger partial charge in [-0.3, -0.25) is 9.78 Å². The number of amides is 1. The van der Waals surface area contributed by atoms with Crippen LogP contribution in [0.15, 0.2) is 18.3 Å². The monoisotopic (exact) mass is 277 g/mol. The van der Waals surface area contributed by atoms with Crippen LogP contribution >= 0.6 is 12.2 Å². The summed E-state index contributed by atoms with van der Waals surface area (Å²) in [5.41, 5.74) is 6.69. The summed E-state index contributed by atoms with van der Waals surface area (Å²) in [6.45, 7) is 2.95. The molecule has 0 saturated carbocycles. The fourth-order valence-electron chi connectivity index (χ4n) is 2.51. The van der Waals surface area contributed by atoms with Crippen molar-refractivity contribution in [2.24, 2.45) is 5.73 Å². The topological polar surface area (TPSA) is 59.2 Å². The van der Waals surface area contributed by atoms with Crippen LogP contribution in [0.2, 0.25) is 0 Å². The zero-order chi connectivity index (χ0) is 13.8. The third kappa shape index (κ3) is 3.10. The first-order valence-corrected chi connectivity index (χ1v) is 7.11. The Labute approximate surface area is 119 Å². The van der Waals surface area contributed by atoms with E-state index in [1.165, 1.54) is 6.42 Å². The number of carbonyl (C=O) groups excluding carboxylic acids is 1. The average Bonchev–Trinajstić information content (AvgIpc) is 2.46. The zero-order valence-electron chi connectivity index (χ0n) is 11.1. The van der Waals surface area contributed by atoms with E-state index in [9.17, 15) is 4.79 Å². The Balaban J connectivity index is 2.16. The number of nitrogens with two attached hydrogens (primary N) is 1. The molecule has 1 aliphatic rings. The summed E-state index contributed by atoms with van der Waals surface area (Å²) in [6, 6.07) is 3.81. The molecule has 2 N–H and O–H groups in total. The number of hydrogen-bond acceptors (Lipinski definition) is 3. The minimum absolute atomic E-state index is 0.0149. The van der Waals surface area contributed by atoms with Crippen LogP contribution in [0.3, 0.4) is 0 Å². The molecule has 1 atom stereocenters. The number of thiocarbonyl (C=S) groups is 1. The van der Waals surface area contributed by atoms with Crippen molar-refractivity contribution >= 4 is 23.1 Å². The van der Waals surface area contributed by atoms with Gasteiger partial charge in [-0.2, -0.15) is 0 Å². The molecule has 1 fully saturated rings. The smallest absolute Gasteiger partial charge is 0.272 e. The molecule has 1 amide bonds. The molecule has 2 heterocycles. The van der Waals surface area contributed by atoms with E-state index in [2.05, 4.69) is 11.9 Å². The third-order valence-corrected chi connectivity index (χ3v) is 3.86. The normalized spacial score (nSPS) is 19.2. The van der Waals surface area contributed by atoms with Crippen molar-refractivity contribution in [3.63, 3.8) is 0 Å². The average molecular weight is 277 g/mol. The van der Waals surface area contributed by atoms with Gasteiger partial charge in [-0.1, -0.05) is 19.1 Å². The molecule has 0 aromatic carbocycles. The lowest BCUT2D eigenvalue weighted by molar-refractivity contribution is 0.0602. The summed E-state index contributed by atoms with van der Waals surface area (Å²) in [6.07, 6.45) is 5.94. The van der Waals surface area contributed by atoms with Crippen LogP contribution in [0.25, 0.3) is 0 Å². The van der Waals surface area contributed by atoms with Gasteiger partial charge in [0, 0.05) is 24.3 Å². The van der Waals surface area contributed by atoms with Crippen LogP contribution < -0.4 is 5.73 Å². The highest BCUT2D eigenvalue weighted by atomic mass is 32.1. The maximum Gasteiger partial charge on any atom is 0.272 e. The molecule has 0 aliphatic carbocycles. The lowest BCUT2D eigenvalue weighted by Crippen LogP contribution is -2.43. The molecule has 102 valence electrons. The summed E-state index contributed by atoms with van der Waals surface area (Å²) in [4.78, 5) is 18.9. The van der Waals surface area contributed by atoms with Crippen molar-refractivity contribution in [2.45, 2.75) is 38.6 Å². The lowest BCUT2D eigenvalue weighted by atomic mass is 9.99. The predicted molar refractivity (Wildman–Crippen MR) is 79.1 cm³/mol. The van der Waals surface area contributed by atoms with Gasteiger partial charge in [-0.05, 0) is 37.8 Å². The molecule has 0 radical (unpaired) electrons. The number of piperidine rings is 1. The van der Waals surface area contributed by atoms with E-state index in [0.29, 0.717) is 22.3 Å². The molecule has 0 bridgehead atoms. The standard InChI is InChI=1S/C14H19N3OS/c1-2-11-5-3-4-8-17(11)14(18)12-7-6-10(9-16-12)13(15)19/h6-7,9,11H,2-5,8H2,1H3,(H2,15,19). The Bertz CT molecular complexity index is 472. The molecule has 4 nitrogen and oxygen atoms in total. The molecule has 1 unspecified atom stereocenters. The van der Waals surface area contributed by atoms with Gasteiger partial charge in [0.15, 0.2) is 0 Å². The molecule has 1 aromatic rings. The Hall–Kier alpha value is -1.49. The largest absolute Gasteiger partial charge is 0.389 e. The van der Waals surface area contributed by atoms with Gasteiger partial charge < -0.3 is 10.6 Å². The SMILES string of the molecule is CCC1CCCCN1C(=O)c1ccc(C(N)=S)cn1. The van der Waals surface area contributed by atoms with Crippen molar-refractivity contribution in [1.82, 2.24) is 9.88 Å². The molecular weight excluding hydrogens is 258 g/mol. The Morgan fingerprint density at radius 1 is 1.53 bits per heavy atom. The highest BCUT2D eigenvalue weighted by molar-refractivity contribution is 7.80. The summed E-state index contributed by atoms with van der Waals surface area (Å²) < 4.78 is 0. The predicted octanol–water partition coefficient (Wildman–Crippen LogP) is 2.12. The first-order valence-electron chi connectivity index (χ1n) is 6.70. The van der Waals surface area contributed by atoms with Crippen LogP contribution in [0.5, 0.6) is 0 Å². The van der Waals surface area contributed by atoms with Crippen LogP contribution in [0, 0.1) is 0 Å². The second kappa shape index (κ2) is 6.10. The number of rotatable bonds is 3. The molecule has 1 aliphatic heterocycles. The number of hydrogen-bond donors (Lipinski definition) is 1. The summed E-state index contributed by atoms with van der Waals surface area (Å²) in [7, 11) is 0. The van der Waals surface area contributed by atoms with E-state index < -0.39 is 0 Å². The second-order valence-corrected chi connectivity index (χ2v) is 5.29. The van der Waals surface area contributed by atoms with E-state index in [1.54, 1.807) is 18.3 Å². The number of carbonyl (C=O) groups is 1. The molecular formula is C14H19N3OS. The van der Waals surface area contributed by atoms with Gasteiger partial charge in [0.25, 0.3) is 5.91 Å².